The monoisotopic (exact) mass is 462 g/mol. The summed E-state index contributed by atoms with van der Waals surface area (Å²) >= 11 is 12.5. The lowest BCUT2D eigenvalue weighted by Crippen LogP contribution is -2.47. The minimum Gasteiger partial charge on any atom is -0.493 e. The summed E-state index contributed by atoms with van der Waals surface area (Å²) < 4.78 is 13.0. The van der Waals surface area contributed by atoms with Crippen LogP contribution >= 0.6 is 23.2 Å². The van der Waals surface area contributed by atoms with Crippen LogP contribution in [-0.2, 0) is 12.4 Å². The molecule has 0 N–H and O–H groups in total. The summed E-state index contributed by atoms with van der Waals surface area (Å²) in [6.45, 7) is 7.78. The summed E-state index contributed by atoms with van der Waals surface area (Å²) in [4.78, 5) is 4.90. The van der Waals surface area contributed by atoms with Crippen molar-refractivity contribution in [3.8, 4) is 11.5 Å². The first-order valence-corrected chi connectivity index (χ1v) is 11.4. The highest BCUT2D eigenvalue weighted by atomic mass is 35.5. The average Bonchev–Trinajstić information content (AvgIpc) is 3.15. The Bertz CT molecular complexity index is 1060. The van der Waals surface area contributed by atoms with Crippen LogP contribution in [0.4, 0.5) is 5.69 Å². The zero-order valence-corrected chi connectivity index (χ0v) is 19.7. The predicted molar refractivity (Wildman–Crippen MR) is 127 cm³/mol. The summed E-state index contributed by atoms with van der Waals surface area (Å²) in [5, 5.41) is 6.58. The molecule has 0 saturated carbocycles. The van der Waals surface area contributed by atoms with E-state index in [2.05, 4.69) is 22.8 Å². The first-order valence-electron chi connectivity index (χ1n) is 10.5. The molecule has 8 heteroatoms. The highest BCUT2D eigenvalue weighted by Crippen LogP contribution is 2.34. The molecule has 0 spiro atoms. The van der Waals surface area contributed by atoms with Crippen LogP contribution in [0, 0.1) is 6.92 Å². The zero-order chi connectivity index (χ0) is 22.0. The van der Waals surface area contributed by atoms with Gasteiger partial charge in [0.2, 0.25) is 0 Å². The summed E-state index contributed by atoms with van der Waals surface area (Å²) in [5.41, 5.74) is 4.26. The molecule has 0 radical (unpaired) electrons. The number of hydrogen-bond acceptors (Lipinski definition) is 5. The number of ether oxygens (including phenoxy) is 2. The van der Waals surface area contributed by atoms with Gasteiger partial charge in [-0.3, -0.25) is 9.58 Å². The van der Waals surface area contributed by atoms with Gasteiger partial charge in [-0.05, 0) is 30.7 Å². The Morgan fingerprint density at radius 2 is 1.71 bits per heavy atom. The van der Waals surface area contributed by atoms with Crippen molar-refractivity contribution in [2.45, 2.75) is 19.3 Å². The van der Waals surface area contributed by atoms with Crippen LogP contribution in [0.25, 0.3) is 10.9 Å². The van der Waals surface area contributed by atoms with Crippen LogP contribution in [0.5, 0.6) is 11.5 Å². The quantitative estimate of drug-likeness (QED) is 0.480. The molecule has 31 heavy (non-hydrogen) atoms. The van der Waals surface area contributed by atoms with Crippen LogP contribution < -0.4 is 14.4 Å². The molecule has 0 amide bonds. The Morgan fingerprint density at radius 1 is 1.00 bits per heavy atom. The van der Waals surface area contributed by atoms with Gasteiger partial charge in [-0.2, -0.15) is 5.10 Å². The van der Waals surface area contributed by atoms with E-state index >= 15 is 0 Å². The Hall–Kier alpha value is -2.15. The second kappa shape index (κ2) is 9.55. The molecule has 0 atom stereocenters. The first kappa shape index (κ1) is 22.1. The van der Waals surface area contributed by atoms with Gasteiger partial charge in [-0.1, -0.05) is 17.7 Å². The average molecular weight is 463 g/mol. The molecule has 4 rings (SSSR count). The van der Waals surface area contributed by atoms with Gasteiger partial charge in [0, 0.05) is 54.9 Å². The fourth-order valence-corrected chi connectivity index (χ4v) is 4.59. The second-order valence-electron chi connectivity index (χ2n) is 7.74. The van der Waals surface area contributed by atoms with Crippen LogP contribution in [-0.4, -0.2) is 61.6 Å². The van der Waals surface area contributed by atoms with Gasteiger partial charge in [0.05, 0.1) is 37.9 Å². The van der Waals surface area contributed by atoms with Crippen molar-refractivity contribution in [1.82, 2.24) is 14.7 Å². The van der Waals surface area contributed by atoms with E-state index in [-0.39, 0.29) is 0 Å². The van der Waals surface area contributed by atoms with Crippen LogP contribution in [0.3, 0.4) is 0 Å². The molecule has 0 aliphatic carbocycles. The van der Waals surface area contributed by atoms with Crippen molar-refractivity contribution in [3.05, 3.63) is 46.6 Å². The normalized spacial score (nSPS) is 14.9. The number of benzene rings is 2. The Morgan fingerprint density at radius 3 is 2.39 bits per heavy atom. The highest BCUT2D eigenvalue weighted by Gasteiger charge is 2.20. The number of hydrogen-bond donors (Lipinski definition) is 0. The van der Waals surface area contributed by atoms with E-state index in [4.69, 9.17) is 37.8 Å². The van der Waals surface area contributed by atoms with E-state index in [1.807, 2.05) is 28.9 Å². The van der Waals surface area contributed by atoms with Crippen molar-refractivity contribution in [2.24, 2.45) is 0 Å². The molecule has 1 fully saturated rings. The van der Waals surface area contributed by atoms with Gasteiger partial charge in [-0.25, -0.2) is 0 Å². The SMILES string of the molecule is COc1cc2c(CCl)nn(CCN3CCN(c4cccc(Cl)c4C)CC3)c2cc1OC. The third-order valence-electron chi connectivity index (χ3n) is 6.04. The molecular weight excluding hydrogens is 435 g/mol. The number of piperazine rings is 1. The fraction of sp³-hybridized carbons (Fsp3) is 0.435. The number of aromatic nitrogens is 2. The van der Waals surface area contributed by atoms with E-state index in [0.717, 1.165) is 66.5 Å². The lowest BCUT2D eigenvalue weighted by Gasteiger charge is -2.37. The maximum Gasteiger partial charge on any atom is 0.162 e. The molecular formula is C23H28Cl2N4O2. The topological polar surface area (TPSA) is 42.8 Å². The van der Waals surface area contributed by atoms with E-state index in [9.17, 15) is 0 Å². The third kappa shape index (κ3) is 4.43. The molecule has 166 valence electrons. The molecule has 1 saturated heterocycles. The third-order valence-corrected chi connectivity index (χ3v) is 6.70. The number of alkyl halides is 1. The minimum atomic E-state index is 0.358. The highest BCUT2D eigenvalue weighted by molar-refractivity contribution is 6.31. The number of nitrogens with zero attached hydrogens (tertiary/aromatic N) is 4. The second-order valence-corrected chi connectivity index (χ2v) is 8.41. The molecule has 0 bridgehead atoms. The minimum absolute atomic E-state index is 0.358. The van der Waals surface area contributed by atoms with E-state index in [1.165, 1.54) is 5.69 Å². The fourth-order valence-electron chi connectivity index (χ4n) is 4.22. The number of fused-ring (bicyclic) bond motifs is 1. The number of anilines is 1. The van der Waals surface area contributed by atoms with Gasteiger partial charge in [0.25, 0.3) is 0 Å². The molecule has 1 aliphatic heterocycles. The van der Waals surface area contributed by atoms with Crippen molar-refractivity contribution in [1.29, 1.82) is 0 Å². The summed E-state index contributed by atoms with van der Waals surface area (Å²) in [6.07, 6.45) is 0. The Balaban J connectivity index is 1.45. The van der Waals surface area contributed by atoms with Crippen molar-refractivity contribution >= 4 is 39.8 Å². The maximum atomic E-state index is 6.31. The van der Waals surface area contributed by atoms with Gasteiger partial charge in [-0.15, -0.1) is 11.6 Å². The maximum absolute atomic E-state index is 6.31. The number of methoxy groups -OCH3 is 2. The van der Waals surface area contributed by atoms with Crippen molar-refractivity contribution in [2.75, 3.05) is 51.8 Å². The molecule has 1 aliphatic rings. The molecule has 2 aromatic carbocycles. The largest absolute Gasteiger partial charge is 0.493 e. The van der Waals surface area contributed by atoms with Crippen molar-refractivity contribution in [3.63, 3.8) is 0 Å². The molecule has 1 aromatic heterocycles. The van der Waals surface area contributed by atoms with E-state index in [0.29, 0.717) is 17.4 Å². The smallest absolute Gasteiger partial charge is 0.162 e. The van der Waals surface area contributed by atoms with Gasteiger partial charge < -0.3 is 14.4 Å². The van der Waals surface area contributed by atoms with Gasteiger partial charge >= 0.3 is 0 Å². The zero-order valence-electron chi connectivity index (χ0n) is 18.2. The molecule has 3 aromatic rings. The lowest BCUT2D eigenvalue weighted by atomic mass is 10.1. The molecule has 2 heterocycles. The van der Waals surface area contributed by atoms with Gasteiger partial charge in [0.1, 0.15) is 0 Å². The van der Waals surface area contributed by atoms with Crippen LogP contribution in [0.2, 0.25) is 5.02 Å². The van der Waals surface area contributed by atoms with E-state index in [1.54, 1.807) is 14.2 Å². The Kier molecular flexibility index (Phi) is 6.80. The standard InChI is InChI=1S/C23H28Cl2N4O2/c1-16-18(25)5-4-6-20(16)28-10-7-27(8-11-28)9-12-29-21-14-23(31-3)22(30-2)13-17(21)19(15-24)26-29/h4-6,13-14H,7-12,15H2,1-3H3. The number of halogens is 2. The van der Waals surface area contributed by atoms with Crippen LogP contribution in [0.1, 0.15) is 11.3 Å². The molecule has 0 unspecified atom stereocenters. The summed E-state index contributed by atoms with van der Waals surface area (Å²) in [7, 11) is 3.28. The van der Waals surface area contributed by atoms with Gasteiger partial charge in [0.15, 0.2) is 11.5 Å². The predicted octanol–water partition coefficient (Wildman–Crippen LogP) is 4.58. The lowest BCUT2D eigenvalue weighted by molar-refractivity contribution is 0.245. The van der Waals surface area contributed by atoms with E-state index < -0.39 is 0 Å². The molecule has 6 nitrogen and oxygen atoms in total. The first-order chi connectivity index (χ1) is 15.0. The van der Waals surface area contributed by atoms with Crippen LogP contribution in [0.15, 0.2) is 30.3 Å². The van der Waals surface area contributed by atoms with Crippen molar-refractivity contribution < 1.29 is 9.47 Å². The summed E-state index contributed by atoms with van der Waals surface area (Å²) in [6, 6.07) is 10.1. The Labute approximate surface area is 193 Å². The number of rotatable bonds is 7. The summed E-state index contributed by atoms with van der Waals surface area (Å²) in [5.74, 6) is 1.74.